The van der Waals surface area contributed by atoms with Crippen molar-refractivity contribution in [2.45, 2.75) is 26.3 Å². The van der Waals surface area contributed by atoms with Crippen LogP contribution in [0.3, 0.4) is 0 Å². The Labute approximate surface area is 90.6 Å². The van der Waals surface area contributed by atoms with Crippen molar-refractivity contribution in [2.24, 2.45) is 5.92 Å². The smallest absolute Gasteiger partial charge is 0.157 e. The summed E-state index contributed by atoms with van der Waals surface area (Å²) in [7, 11) is 0. The molecule has 1 aliphatic heterocycles. The van der Waals surface area contributed by atoms with Crippen LogP contribution in [0.5, 0.6) is 5.75 Å². The first kappa shape index (κ1) is 10.5. The SMILES string of the molecule is CCn1cc(OCC2CCNCC2)cn1. The van der Waals surface area contributed by atoms with Crippen molar-refractivity contribution in [3.63, 3.8) is 0 Å². The predicted molar refractivity (Wildman–Crippen MR) is 59.0 cm³/mol. The van der Waals surface area contributed by atoms with Crippen molar-refractivity contribution in [3.8, 4) is 5.75 Å². The Morgan fingerprint density at radius 1 is 1.53 bits per heavy atom. The summed E-state index contributed by atoms with van der Waals surface area (Å²) in [5.74, 6) is 1.60. The highest BCUT2D eigenvalue weighted by Gasteiger charge is 2.13. The third-order valence-electron chi connectivity index (χ3n) is 2.88. The molecule has 0 unspecified atom stereocenters. The van der Waals surface area contributed by atoms with Crippen molar-refractivity contribution in [1.29, 1.82) is 0 Å². The highest BCUT2D eigenvalue weighted by Crippen LogP contribution is 2.15. The van der Waals surface area contributed by atoms with Crippen molar-refractivity contribution in [2.75, 3.05) is 19.7 Å². The number of ether oxygens (including phenoxy) is 1. The van der Waals surface area contributed by atoms with Crippen LogP contribution >= 0.6 is 0 Å². The molecule has 2 rings (SSSR count). The molecule has 1 aliphatic rings. The molecule has 1 aromatic heterocycles. The molecule has 4 nitrogen and oxygen atoms in total. The second-order valence-corrected chi connectivity index (χ2v) is 4.04. The average molecular weight is 209 g/mol. The van der Waals surface area contributed by atoms with Crippen molar-refractivity contribution in [3.05, 3.63) is 12.4 Å². The highest BCUT2D eigenvalue weighted by molar-refractivity contribution is 5.11. The van der Waals surface area contributed by atoms with Crippen LogP contribution in [0.15, 0.2) is 12.4 Å². The standard InChI is InChI=1S/C11H19N3O/c1-2-14-8-11(7-13-14)15-9-10-3-5-12-6-4-10/h7-8,10,12H,2-6,9H2,1H3. The third kappa shape index (κ3) is 2.96. The molecular formula is C11H19N3O. The van der Waals surface area contributed by atoms with Gasteiger partial charge in [0.05, 0.1) is 19.0 Å². The van der Waals surface area contributed by atoms with Gasteiger partial charge in [-0.2, -0.15) is 5.10 Å². The first-order chi connectivity index (χ1) is 7.38. The van der Waals surface area contributed by atoms with E-state index in [0.717, 1.165) is 32.0 Å². The molecule has 0 atom stereocenters. The van der Waals surface area contributed by atoms with Gasteiger partial charge in [0.25, 0.3) is 0 Å². The van der Waals surface area contributed by atoms with Gasteiger partial charge in [-0.25, -0.2) is 0 Å². The molecule has 1 saturated heterocycles. The van der Waals surface area contributed by atoms with Crippen LogP contribution in [-0.2, 0) is 6.54 Å². The lowest BCUT2D eigenvalue weighted by atomic mass is 9.99. The summed E-state index contributed by atoms with van der Waals surface area (Å²) in [4.78, 5) is 0. The average Bonchev–Trinajstić information content (AvgIpc) is 2.76. The van der Waals surface area contributed by atoms with E-state index < -0.39 is 0 Å². The Morgan fingerprint density at radius 2 is 2.33 bits per heavy atom. The van der Waals surface area contributed by atoms with Gasteiger partial charge in [0.15, 0.2) is 5.75 Å². The van der Waals surface area contributed by atoms with E-state index in [1.54, 1.807) is 6.20 Å². The van der Waals surface area contributed by atoms with Crippen LogP contribution in [0, 0.1) is 5.92 Å². The summed E-state index contributed by atoms with van der Waals surface area (Å²) in [6.45, 7) is 6.06. The van der Waals surface area contributed by atoms with Crippen LogP contribution in [0.4, 0.5) is 0 Å². The number of hydrogen-bond donors (Lipinski definition) is 1. The number of nitrogens with one attached hydrogen (secondary N) is 1. The minimum atomic E-state index is 0.705. The van der Waals surface area contributed by atoms with Gasteiger partial charge in [-0.15, -0.1) is 0 Å². The topological polar surface area (TPSA) is 39.1 Å². The van der Waals surface area contributed by atoms with Gasteiger partial charge >= 0.3 is 0 Å². The van der Waals surface area contributed by atoms with E-state index in [9.17, 15) is 0 Å². The van der Waals surface area contributed by atoms with Gasteiger partial charge in [0.1, 0.15) is 0 Å². The van der Waals surface area contributed by atoms with E-state index in [0.29, 0.717) is 5.92 Å². The van der Waals surface area contributed by atoms with E-state index in [-0.39, 0.29) is 0 Å². The van der Waals surface area contributed by atoms with E-state index in [1.807, 2.05) is 10.9 Å². The monoisotopic (exact) mass is 209 g/mol. The number of aromatic nitrogens is 2. The van der Waals surface area contributed by atoms with Crippen LogP contribution in [0.1, 0.15) is 19.8 Å². The Hall–Kier alpha value is -1.03. The lowest BCUT2D eigenvalue weighted by Gasteiger charge is -2.22. The predicted octanol–water partition coefficient (Wildman–Crippen LogP) is 1.28. The number of rotatable bonds is 4. The molecule has 0 bridgehead atoms. The molecule has 1 N–H and O–H groups in total. The number of nitrogens with zero attached hydrogens (tertiary/aromatic N) is 2. The summed E-state index contributed by atoms with van der Waals surface area (Å²) in [5, 5.41) is 7.53. The Kier molecular flexibility index (Phi) is 3.61. The summed E-state index contributed by atoms with van der Waals surface area (Å²) in [6.07, 6.45) is 6.20. The minimum Gasteiger partial charge on any atom is -0.490 e. The maximum absolute atomic E-state index is 5.72. The molecule has 15 heavy (non-hydrogen) atoms. The lowest BCUT2D eigenvalue weighted by molar-refractivity contribution is 0.215. The third-order valence-corrected chi connectivity index (χ3v) is 2.88. The normalized spacial score (nSPS) is 17.9. The van der Waals surface area contributed by atoms with Gasteiger partial charge in [-0.3, -0.25) is 4.68 Å². The molecule has 0 aliphatic carbocycles. The fraction of sp³-hybridized carbons (Fsp3) is 0.727. The van der Waals surface area contributed by atoms with E-state index >= 15 is 0 Å². The summed E-state index contributed by atoms with van der Waals surface area (Å²) >= 11 is 0. The molecule has 0 radical (unpaired) electrons. The molecular weight excluding hydrogens is 190 g/mol. The second-order valence-electron chi connectivity index (χ2n) is 4.04. The van der Waals surface area contributed by atoms with E-state index in [2.05, 4.69) is 17.3 Å². The quantitative estimate of drug-likeness (QED) is 0.812. The molecule has 1 fully saturated rings. The largest absolute Gasteiger partial charge is 0.490 e. The van der Waals surface area contributed by atoms with Crippen LogP contribution in [0.2, 0.25) is 0 Å². The van der Waals surface area contributed by atoms with Crippen LogP contribution in [-0.4, -0.2) is 29.5 Å². The van der Waals surface area contributed by atoms with Gasteiger partial charge in [-0.1, -0.05) is 0 Å². The number of aryl methyl sites for hydroxylation is 1. The molecule has 2 heterocycles. The first-order valence-electron chi connectivity index (χ1n) is 5.74. The van der Waals surface area contributed by atoms with Crippen molar-refractivity contribution in [1.82, 2.24) is 15.1 Å². The van der Waals surface area contributed by atoms with Gasteiger partial charge in [0.2, 0.25) is 0 Å². The Bertz CT molecular complexity index is 292. The fourth-order valence-electron chi connectivity index (χ4n) is 1.85. The van der Waals surface area contributed by atoms with Gasteiger partial charge < -0.3 is 10.1 Å². The molecule has 0 aromatic carbocycles. The molecule has 0 amide bonds. The summed E-state index contributed by atoms with van der Waals surface area (Å²) in [6, 6.07) is 0. The molecule has 84 valence electrons. The maximum atomic E-state index is 5.72. The number of piperidine rings is 1. The Balaban J connectivity index is 1.76. The minimum absolute atomic E-state index is 0.705. The number of hydrogen-bond acceptors (Lipinski definition) is 3. The van der Waals surface area contributed by atoms with Crippen LogP contribution < -0.4 is 10.1 Å². The van der Waals surface area contributed by atoms with Gasteiger partial charge in [-0.05, 0) is 38.8 Å². The zero-order valence-corrected chi connectivity index (χ0v) is 9.28. The molecule has 0 spiro atoms. The first-order valence-corrected chi connectivity index (χ1v) is 5.74. The zero-order chi connectivity index (χ0) is 10.5. The fourth-order valence-corrected chi connectivity index (χ4v) is 1.85. The second kappa shape index (κ2) is 5.16. The van der Waals surface area contributed by atoms with Crippen molar-refractivity contribution >= 4 is 0 Å². The summed E-state index contributed by atoms with van der Waals surface area (Å²) < 4.78 is 7.60. The van der Waals surface area contributed by atoms with E-state index in [4.69, 9.17) is 4.74 Å². The lowest BCUT2D eigenvalue weighted by Crippen LogP contribution is -2.30. The molecule has 1 aromatic rings. The molecule has 4 heteroatoms. The molecule has 0 saturated carbocycles. The maximum Gasteiger partial charge on any atom is 0.157 e. The van der Waals surface area contributed by atoms with Crippen molar-refractivity contribution < 1.29 is 4.74 Å². The summed E-state index contributed by atoms with van der Waals surface area (Å²) in [5.41, 5.74) is 0. The highest BCUT2D eigenvalue weighted by atomic mass is 16.5. The van der Waals surface area contributed by atoms with E-state index in [1.165, 1.54) is 12.8 Å². The van der Waals surface area contributed by atoms with Crippen LogP contribution in [0.25, 0.3) is 0 Å². The Morgan fingerprint density at radius 3 is 3.00 bits per heavy atom. The van der Waals surface area contributed by atoms with Gasteiger partial charge in [0, 0.05) is 6.54 Å². The zero-order valence-electron chi connectivity index (χ0n) is 9.28.